The average Bonchev–Trinajstić information content (AvgIpc) is 2.91. The van der Waals surface area contributed by atoms with Crippen LogP contribution in [0.4, 0.5) is 0 Å². The Morgan fingerprint density at radius 3 is 2.67 bits per heavy atom. The van der Waals surface area contributed by atoms with Crippen molar-refractivity contribution in [1.82, 2.24) is 14.5 Å². The normalized spacial score (nSPS) is 11.4. The highest BCUT2D eigenvalue weighted by molar-refractivity contribution is 9.10. The molecule has 3 aromatic rings. The molecule has 0 fully saturated rings. The lowest BCUT2D eigenvalue weighted by Gasteiger charge is -2.24. The summed E-state index contributed by atoms with van der Waals surface area (Å²) in [6.45, 7) is 7.34. The van der Waals surface area contributed by atoms with Gasteiger partial charge in [-0.05, 0) is 48.7 Å². The fourth-order valence-electron chi connectivity index (χ4n) is 3.09. The summed E-state index contributed by atoms with van der Waals surface area (Å²) >= 11 is 9.65. The van der Waals surface area contributed by atoms with Crippen LogP contribution in [-0.4, -0.2) is 26.9 Å². The summed E-state index contributed by atoms with van der Waals surface area (Å²) in [4.78, 5) is 19.8. The number of nitrogens with zero attached hydrogens (tertiary/aromatic N) is 3. The molecule has 4 nitrogen and oxygen atoms in total. The third-order valence-electron chi connectivity index (χ3n) is 4.56. The van der Waals surface area contributed by atoms with E-state index in [0.29, 0.717) is 29.6 Å². The highest BCUT2D eigenvalue weighted by Crippen LogP contribution is 2.23. The van der Waals surface area contributed by atoms with E-state index in [1.165, 1.54) is 0 Å². The summed E-state index contributed by atoms with van der Waals surface area (Å²) in [6, 6.07) is 11.4. The number of amides is 1. The van der Waals surface area contributed by atoms with Crippen LogP contribution in [0.15, 0.2) is 40.9 Å². The van der Waals surface area contributed by atoms with E-state index in [9.17, 15) is 4.79 Å². The standard InChI is InChI=1S/C21H23BrClN3O/c1-13(2)11-26(21(27)15-6-5-14(3)17(22)9-15)12-20-24-18-8-7-16(23)10-19(18)25(20)4/h5-10,13H,11-12H2,1-4H3. The first-order valence-electron chi connectivity index (χ1n) is 8.92. The van der Waals surface area contributed by atoms with Gasteiger partial charge in [-0.15, -0.1) is 0 Å². The van der Waals surface area contributed by atoms with Crippen molar-refractivity contribution >= 4 is 44.5 Å². The molecule has 0 unspecified atom stereocenters. The number of fused-ring (bicyclic) bond motifs is 1. The molecular weight excluding hydrogens is 426 g/mol. The first-order valence-corrected chi connectivity index (χ1v) is 10.1. The molecule has 1 heterocycles. The highest BCUT2D eigenvalue weighted by atomic mass is 79.9. The van der Waals surface area contributed by atoms with Crippen LogP contribution in [-0.2, 0) is 13.6 Å². The number of aromatic nitrogens is 2. The number of halogens is 2. The van der Waals surface area contributed by atoms with Crippen molar-refractivity contribution in [2.45, 2.75) is 27.3 Å². The molecule has 142 valence electrons. The van der Waals surface area contributed by atoms with Crippen LogP contribution in [0.2, 0.25) is 5.02 Å². The minimum atomic E-state index is 0.00879. The molecule has 0 atom stereocenters. The Kier molecular flexibility index (Phi) is 5.92. The Bertz CT molecular complexity index is 997. The number of carbonyl (C=O) groups excluding carboxylic acids is 1. The second-order valence-corrected chi connectivity index (χ2v) is 8.55. The van der Waals surface area contributed by atoms with Crippen LogP contribution >= 0.6 is 27.5 Å². The van der Waals surface area contributed by atoms with Crippen LogP contribution in [0, 0.1) is 12.8 Å². The minimum absolute atomic E-state index is 0.00879. The molecule has 0 aliphatic rings. The van der Waals surface area contributed by atoms with Gasteiger partial charge >= 0.3 is 0 Å². The molecule has 0 radical (unpaired) electrons. The summed E-state index contributed by atoms with van der Waals surface area (Å²) in [5.74, 6) is 1.20. The summed E-state index contributed by atoms with van der Waals surface area (Å²) in [5, 5.41) is 0.677. The van der Waals surface area contributed by atoms with E-state index >= 15 is 0 Å². The molecule has 3 rings (SSSR count). The van der Waals surface area contributed by atoms with Crippen LogP contribution in [0.5, 0.6) is 0 Å². The van der Waals surface area contributed by atoms with Gasteiger partial charge in [0, 0.05) is 28.7 Å². The van der Waals surface area contributed by atoms with E-state index in [1.54, 1.807) is 0 Å². The molecule has 6 heteroatoms. The van der Waals surface area contributed by atoms with Gasteiger partial charge in [-0.25, -0.2) is 4.98 Å². The summed E-state index contributed by atoms with van der Waals surface area (Å²) in [7, 11) is 1.96. The smallest absolute Gasteiger partial charge is 0.254 e. The quantitative estimate of drug-likeness (QED) is 0.510. The van der Waals surface area contributed by atoms with Gasteiger partial charge in [0.1, 0.15) is 5.82 Å². The summed E-state index contributed by atoms with van der Waals surface area (Å²) in [5.41, 5.74) is 3.63. The van der Waals surface area contributed by atoms with Crippen molar-refractivity contribution in [3.05, 3.63) is 62.8 Å². The first kappa shape index (κ1) is 19.9. The predicted molar refractivity (Wildman–Crippen MR) is 114 cm³/mol. The Morgan fingerprint density at radius 2 is 2.00 bits per heavy atom. The van der Waals surface area contributed by atoms with Gasteiger partial charge < -0.3 is 9.47 Å². The van der Waals surface area contributed by atoms with Gasteiger partial charge in [-0.1, -0.05) is 47.4 Å². The monoisotopic (exact) mass is 447 g/mol. The zero-order valence-corrected chi connectivity index (χ0v) is 18.3. The molecule has 0 saturated carbocycles. The predicted octanol–water partition coefficient (Wildman–Crippen LogP) is 5.60. The van der Waals surface area contributed by atoms with Crippen LogP contribution < -0.4 is 0 Å². The fourth-order valence-corrected chi connectivity index (χ4v) is 3.64. The minimum Gasteiger partial charge on any atom is -0.331 e. The first-order chi connectivity index (χ1) is 12.8. The van der Waals surface area contributed by atoms with Gasteiger partial charge in [0.2, 0.25) is 0 Å². The Labute approximate surface area is 173 Å². The Hall–Kier alpha value is -1.85. The fraction of sp³-hybridized carbons (Fsp3) is 0.333. The maximum Gasteiger partial charge on any atom is 0.254 e. The summed E-state index contributed by atoms with van der Waals surface area (Å²) < 4.78 is 2.95. The van der Waals surface area contributed by atoms with Crippen LogP contribution in [0.3, 0.4) is 0 Å². The number of imidazole rings is 1. The number of hydrogen-bond donors (Lipinski definition) is 0. The van der Waals surface area contributed by atoms with E-state index in [0.717, 1.165) is 26.9 Å². The summed E-state index contributed by atoms with van der Waals surface area (Å²) in [6.07, 6.45) is 0. The molecule has 0 spiro atoms. The molecular formula is C21H23BrClN3O. The lowest BCUT2D eigenvalue weighted by atomic mass is 10.1. The van der Waals surface area contributed by atoms with Gasteiger partial charge in [0.15, 0.2) is 0 Å². The van der Waals surface area contributed by atoms with Gasteiger partial charge in [0.05, 0.1) is 17.6 Å². The Balaban J connectivity index is 1.94. The second kappa shape index (κ2) is 8.03. The third kappa shape index (κ3) is 4.36. The van der Waals surface area contributed by atoms with E-state index in [2.05, 4.69) is 29.8 Å². The number of hydrogen-bond acceptors (Lipinski definition) is 2. The van der Waals surface area contributed by atoms with E-state index in [-0.39, 0.29) is 5.91 Å². The molecule has 0 aliphatic heterocycles. The van der Waals surface area contributed by atoms with Crippen molar-refractivity contribution in [2.75, 3.05) is 6.54 Å². The van der Waals surface area contributed by atoms with Crippen molar-refractivity contribution in [3.8, 4) is 0 Å². The average molecular weight is 449 g/mol. The second-order valence-electron chi connectivity index (χ2n) is 7.26. The van der Waals surface area contributed by atoms with Crippen molar-refractivity contribution in [3.63, 3.8) is 0 Å². The van der Waals surface area contributed by atoms with Crippen LogP contribution in [0.1, 0.15) is 35.6 Å². The Morgan fingerprint density at radius 1 is 1.26 bits per heavy atom. The van der Waals surface area contributed by atoms with E-state index < -0.39 is 0 Å². The zero-order chi connectivity index (χ0) is 19.7. The molecule has 2 aromatic carbocycles. The largest absolute Gasteiger partial charge is 0.331 e. The third-order valence-corrected chi connectivity index (χ3v) is 5.65. The van der Waals surface area contributed by atoms with Gasteiger partial charge in [-0.3, -0.25) is 4.79 Å². The van der Waals surface area contributed by atoms with E-state index in [4.69, 9.17) is 16.6 Å². The lowest BCUT2D eigenvalue weighted by Crippen LogP contribution is -2.34. The molecule has 27 heavy (non-hydrogen) atoms. The van der Waals surface area contributed by atoms with Crippen molar-refractivity contribution in [2.24, 2.45) is 13.0 Å². The molecule has 0 aliphatic carbocycles. The van der Waals surface area contributed by atoms with Gasteiger partial charge in [-0.2, -0.15) is 0 Å². The van der Waals surface area contributed by atoms with E-state index in [1.807, 2.05) is 59.8 Å². The molecule has 1 aromatic heterocycles. The van der Waals surface area contributed by atoms with Crippen LogP contribution in [0.25, 0.3) is 11.0 Å². The highest BCUT2D eigenvalue weighted by Gasteiger charge is 2.20. The topological polar surface area (TPSA) is 38.1 Å². The van der Waals surface area contributed by atoms with Crippen molar-refractivity contribution < 1.29 is 4.79 Å². The molecule has 0 N–H and O–H groups in total. The van der Waals surface area contributed by atoms with Crippen molar-refractivity contribution in [1.29, 1.82) is 0 Å². The molecule has 1 amide bonds. The zero-order valence-electron chi connectivity index (χ0n) is 16.0. The number of rotatable bonds is 5. The maximum absolute atomic E-state index is 13.2. The molecule has 0 bridgehead atoms. The molecule has 0 saturated heterocycles. The number of aryl methyl sites for hydroxylation is 2. The lowest BCUT2D eigenvalue weighted by molar-refractivity contribution is 0.0716. The number of carbonyl (C=O) groups is 1. The SMILES string of the molecule is Cc1ccc(C(=O)N(Cc2nc3ccc(Cl)cc3n2C)CC(C)C)cc1Br. The number of benzene rings is 2. The van der Waals surface area contributed by atoms with Gasteiger partial charge in [0.25, 0.3) is 5.91 Å². The maximum atomic E-state index is 13.2.